The van der Waals surface area contributed by atoms with Crippen molar-refractivity contribution in [2.75, 3.05) is 6.61 Å². The number of hydrogen-bond donors (Lipinski definition) is 0. The van der Waals surface area contributed by atoms with E-state index in [0.717, 1.165) is 35.5 Å². The summed E-state index contributed by atoms with van der Waals surface area (Å²) in [7, 11) is 0. The Labute approximate surface area is 160 Å². The molecule has 1 fully saturated rings. The fourth-order valence-electron chi connectivity index (χ4n) is 3.12. The second kappa shape index (κ2) is 7.74. The lowest BCUT2D eigenvalue weighted by Crippen LogP contribution is -2.24. The quantitative estimate of drug-likeness (QED) is 0.586. The Morgan fingerprint density at radius 3 is 2.77 bits per heavy atom. The molecule has 2 heterocycles. The number of para-hydroxylation sites is 1. The summed E-state index contributed by atoms with van der Waals surface area (Å²) in [4.78, 5) is 5.30. The van der Waals surface area contributed by atoms with E-state index in [4.69, 9.17) is 16.3 Å². The minimum Gasteiger partial charge on any atom is -0.376 e. The molecule has 1 aromatic heterocycles. The zero-order chi connectivity index (χ0) is 17.9. The van der Waals surface area contributed by atoms with Gasteiger partial charge < -0.3 is 9.30 Å². The monoisotopic (exact) mass is 388 g/mol. The Hall–Kier alpha value is -1.95. The summed E-state index contributed by atoms with van der Waals surface area (Å²) in [5.74, 6) is -0.330. The van der Waals surface area contributed by atoms with Crippen molar-refractivity contribution in [3.63, 3.8) is 0 Å². The zero-order valence-electron chi connectivity index (χ0n) is 14.1. The van der Waals surface area contributed by atoms with E-state index in [-0.39, 0.29) is 11.9 Å². The van der Waals surface area contributed by atoms with E-state index in [2.05, 4.69) is 9.56 Å². The van der Waals surface area contributed by atoms with E-state index in [1.807, 2.05) is 29.6 Å². The third-order valence-electron chi connectivity index (χ3n) is 4.43. The second-order valence-electron chi connectivity index (χ2n) is 6.19. The highest BCUT2D eigenvalue weighted by atomic mass is 35.5. The fraction of sp³-hybridized carbons (Fsp3) is 0.250. The van der Waals surface area contributed by atoms with Gasteiger partial charge in [-0.25, -0.2) is 9.38 Å². The van der Waals surface area contributed by atoms with Gasteiger partial charge in [0.15, 0.2) is 4.80 Å². The fourth-order valence-corrected chi connectivity index (χ4v) is 4.27. The number of nitrogens with zero attached hydrogens (tertiary/aromatic N) is 2. The van der Waals surface area contributed by atoms with Gasteiger partial charge in [-0.15, -0.1) is 11.3 Å². The molecule has 134 valence electrons. The maximum atomic E-state index is 14.1. The summed E-state index contributed by atoms with van der Waals surface area (Å²) in [5, 5.41) is 2.71. The van der Waals surface area contributed by atoms with E-state index < -0.39 is 0 Å². The highest BCUT2D eigenvalue weighted by Crippen LogP contribution is 2.29. The SMILES string of the molecule is Fc1ccccc1N=c1scc(-c2ccccc2Cl)n1C[C@@H]1CCCO1. The van der Waals surface area contributed by atoms with Gasteiger partial charge in [0, 0.05) is 22.6 Å². The van der Waals surface area contributed by atoms with Crippen LogP contribution in [0.5, 0.6) is 0 Å². The van der Waals surface area contributed by atoms with Crippen LogP contribution >= 0.6 is 22.9 Å². The van der Waals surface area contributed by atoms with Crippen LogP contribution in [0.4, 0.5) is 10.1 Å². The molecule has 0 unspecified atom stereocenters. The van der Waals surface area contributed by atoms with Crippen molar-refractivity contribution in [2.45, 2.75) is 25.5 Å². The Morgan fingerprint density at radius 1 is 1.19 bits per heavy atom. The van der Waals surface area contributed by atoms with E-state index >= 15 is 0 Å². The van der Waals surface area contributed by atoms with Gasteiger partial charge in [0.05, 0.1) is 18.3 Å². The van der Waals surface area contributed by atoms with Gasteiger partial charge in [0.2, 0.25) is 0 Å². The van der Waals surface area contributed by atoms with Crippen LogP contribution in [-0.2, 0) is 11.3 Å². The molecule has 0 saturated carbocycles. The molecule has 3 aromatic rings. The van der Waals surface area contributed by atoms with E-state index in [1.165, 1.54) is 17.4 Å². The van der Waals surface area contributed by atoms with Crippen LogP contribution in [-0.4, -0.2) is 17.3 Å². The molecule has 0 amide bonds. The lowest BCUT2D eigenvalue weighted by molar-refractivity contribution is 0.0968. The number of aromatic nitrogens is 1. The number of hydrogen-bond acceptors (Lipinski definition) is 3. The predicted octanol–water partition coefficient (Wildman–Crippen LogP) is 5.42. The molecular weight excluding hydrogens is 371 g/mol. The van der Waals surface area contributed by atoms with Gasteiger partial charge in [-0.3, -0.25) is 0 Å². The molecule has 1 aliphatic rings. The summed E-state index contributed by atoms with van der Waals surface area (Å²) in [6.07, 6.45) is 2.23. The summed E-state index contributed by atoms with van der Waals surface area (Å²) in [5.41, 5.74) is 2.26. The molecule has 3 nitrogen and oxygen atoms in total. The lowest BCUT2D eigenvalue weighted by Gasteiger charge is -2.14. The molecule has 0 N–H and O–H groups in total. The average molecular weight is 389 g/mol. The second-order valence-corrected chi connectivity index (χ2v) is 7.44. The maximum absolute atomic E-state index is 14.1. The van der Waals surface area contributed by atoms with Gasteiger partial charge in [0.25, 0.3) is 0 Å². The number of ether oxygens (including phenoxy) is 1. The van der Waals surface area contributed by atoms with Gasteiger partial charge in [-0.05, 0) is 31.0 Å². The largest absolute Gasteiger partial charge is 0.376 e. The highest BCUT2D eigenvalue weighted by Gasteiger charge is 2.19. The molecule has 0 bridgehead atoms. The molecule has 1 aliphatic heterocycles. The van der Waals surface area contributed by atoms with Crippen molar-refractivity contribution in [1.29, 1.82) is 0 Å². The molecule has 6 heteroatoms. The molecule has 0 radical (unpaired) electrons. The Kier molecular flexibility index (Phi) is 5.20. The van der Waals surface area contributed by atoms with Crippen LogP contribution in [0.1, 0.15) is 12.8 Å². The van der Waals surface area contributed by atoms with Crippen molar-refractivity contribution in [3.8, 4) is 11.3 Å². The first kappa shape index (κ1) is 17.5. The summed E-state index contributed by atoms with van der Waals surface area (Å²) >= 11 is 7.89. The van der Waals surface area contributed by atoms with Crippen LogP contribution in [0.2, 0.25) is 5.02 Å². The van der Waals surface area contributed by atoms with Crippen LogP contribution < -0.4 is 4.80 Å². The van der Waals surface area contributed by atoms with Crippen molar-refractivity contribution in [2.24, 2.45) is 4.99 Å². The molecule has 0 spiro atoms. The standard InChI is InChI=1S/C20H18ClFN2OS/c21-16-8-2-1-7-15(16)19-13-26-20(23-18-10-4-3-9-17(18)22)24(19)12-14-6-5-11-25-14/h1-4,7-10,13-14H,5-6,11-12H2/t14-/m0/s1. The van der Waals surface area contributed by atoms with Crippen LogP contribution in [0.3, 0.4) is 0 Å². The third kappa shape index (κ3) is 3.61. The smallest absolute Gasteiger partial charge is 0.190 e. The Morgan fingerprint density at radius 2 is 2.00 bits per heavy atom. The third-order valence-corrected chi connectivity index (χ3v) is 5.62. The van der Waals surface area contributed by atoms with E-state index in [0.29, 0.717) is 17.3 Å². The number of rotatable bonds is 4. The molecule has 26 heavy (non-hydrogen) atoms. The van der Waals surface area contributed by atoms with Crippen LogP contribution in [0.25, 0.3) is 11.3 Å². The van der Waals surface area contributed by atoms with Crippen LogP contribution in [0, 0.1) is 5.82 Å². The first-order valence-electron chi connectivity index (χ1n) is 8.56. The number of benzene rings is 2. The Balaban J connectivity index is 1.84. The van der Waals surface area contributed by atoms with Gasteiger partial charge in [-0.1, -0.05) is 41.9 Å². The summed E-state index contributed by atoms with van der Waals surface area (Å²) in [6.45, 7) is 1.47. The minimum absolute atomic E-state index is 0.144. The topological polar surface area (TPSA) is 26.5 Å². The molecule has 1 saturated heterocycles. The van der Waals surface area contributed by atoms with Crippen LogP contribution in [0.15, 0.2) is 58.9 Å². The number of halogens is 2. The van der Waals surface area contributed by atoms with Crippen molar-refractivity contribution in [1.82, 2.24) is 4.57 Å². The van der Waals surface area contributed by atoms with Crippen molar-refractivity contribution < 1.29 is 9.13 Å². The minimum atomic E-state index is -0.330. The number of thiazole rings is 1. The molecule has 0 aliphatic carbocycles. The van der Waals surface area contributed by atoms with E-state index in [9.17, 15) is 4.39 Å². The maximum Gasteiger partial charge on any atom is 0.190 e. The predicted molar refractivity (Wildman–Crippen MR) is 103 cm³/mol. The highest BCUT2D eigenvalue weighted by molar-refractivity contribution is 7.07. The Bertz CT molecular complexity index is 976. The average Bonchev–Trinajstić information content (AvgIpc) is 3.29. The molecular formula is C20H18ClFN2OS. The van der Waals surface area contributed by atoms with Gasteiger partial charge in [-0.2, -0.15) is 0 Å². The molecule has 2 aromatic carbocycles. The normalized spacial score (nSPS) is 17.8. The summed E-state index contributed by atoms with van der Waals surface area (Å²) in [6, 6.07) is 14.3. The van der Waals surface area contributed by atoms with Gasteiger partial charge >= 0.3 is 0 Å². The molecule has 4 rings (SSSR count). The first-order chi connectivity index (χ1) is 12.7. The zero-order valence-corrected chi connectivity index (χ0v) is 15.6. The molecule has 1 atom stereocenters. The van der Waals surface area contributed by atoms with Crippen molar-refractivity contribution >= 4 is 28.6 Å². The summed E-state index contributed by atoms with van der Waals surface area (Å²) < 4.78 is 22.0. The van der Waals surface area contributed by atoms with Gasteiger partial charge in [0.1, 0.15) is 11.5 Å². The first-order valence-corrected chi connectivity index (χ1v) is 9.82. The van der Waals surface area contributed by atoms with Crippen molar-refractivity contribution in [3.05, 3.63) is 69.6 Å². The lowest BCUT2D eigenvalue weighted by atomic mass is 10.1. The van der Waals surface area contributed by atoms with E-state index in [1.54, 1.807) is 18.2 Å².